The molecule has 2 aromatic heterocycles. The number of anilines is 2. The third-order valence-corrected chi connectivity index (χ3v) is 5.41. The van der Waals surface area contributed by atoms with Gasteiger partial charge in [0, 0.05) is 24.1 Å². The van der Waals surface area contributed by atoms with Crippen LogP contribution in [-0.2, 0) is 0 Å². The predicted molar refractivity (Wildman–Crippen MR) is 124 cm³/mol. The maximum absolute atomic E-state index is 13.7. The highest BCUT2D eigenvalue weighted by Crippen LogP contribution is 2.29. The second-order valence-electron chi connectivity index (χ2n) is 7.45. The van der Waals surface area contributed by atoms with Crippen molar-refractivity contribution in [3.05, 3.63) is 99.7 Å². The highest BCUT2D eigenvalue weighted by atomic mass is 35.5. The van der Waals surface area contributed by atoms with Crippen LogP contribution in [0.5, 0.6) is 5.75 Å². The topological polar surface area (TPSA) is 61.1 Å². The van der Waals surface area contributed by atoms with Gasteiger partial charge in [-0.3, -0.25) is 4.79 Å². The van der Waals surface area contributed by atoms with Gasteiger partial charge in [-0.25, -0.2) is 9.37 Å². The molecule has 0 amide bonds. The van der Waals surface area contributed by atoms with Crippen molar-refractivity contribution in [3.8, 4) is 11.4 Å². The van der Waals surface area contributed by atoms with Crippen molar-refractivity contribution in [2.24, 2.45) is 0 Å². The standard InChI is InChI=1S/C24H22ClFN4O2/c1-15-12-29(14-27-15)22-8-7-20(11-23(22)32-3)28-21-10-18(25)13-30(24(21)31)16(2)17-5-4-6-19(26)9-17/h4-14,16,28H,1-3H3/t16-/m0/s1. The van der Waals surface area contributed by atoms with Gasteiger partial charge in [0.25, 0.3) is 5.56 Å². The number of benzene rings is 2. The normalized spacial score (nSPS) is 11.9. The highest BCUT2D eigenvalue weighted by molar-refractivity contribution is 6.30. The Labute approximate surface area is 189 Å². The van der Waals surface area contributed by atoms with Crippen LogP contribution in [0.4, 0.5) is 15.8 Å². The minimum atomic E-state index is -0.404. The fourth-order valence-corrected chi connectivity index (χ4v) is 3.76. The number of aryl methyl sites for hydroxylation is 1. The van der Waals surface area contributed by atoms with Gasteiger partial charge >= 0.3 is 0 Å². The molecule has 8 heteroatoms. The Bertz CT molecular complexity index is 1330. The summed E-state index contributed by atoms with van der Waals surface area (Å²) in [6.45, 7) is 3.73. The number of nitrogens with zero attached hydrogens (tertiary/aromatic N) is 3. The van der Waals surface area contributed by atoms with Gasteiger partial charge < -0.3 is 19.2 Å². The summed E-state index contributed by atoms with van der Waals surface area (Å²) in [4.78, 5) is 17.4. The largest absolute Gasteiger partial charge is 0.494 e. The van der Waals surface area contributed by atoms with Crippen LogP contribution < -0.4 is 15.6 Å². The fourth-order valence-electron chi connectivity index (χ4n) is 3.55. The maximum Gasteiger partial charge on any atom is 0.274 e. The molecular weight excluding hydrogens is 431 g/mol. The van der Waals surface area contributed by atoms with E-state index >= 15 is 0 Å². The molecule has 0 aliphatic carbocycles. The molecule has 1 atom stereocenters. The molecular formula is C24H22ClFN4O2. The zero-order valence-electron chi connectivity index (χ0n) is 17.8. The summed E-state index contributed by atoms with van der Waals surface area (Å²) in [5.41, 5.74) is 3.06. The van der Waals surface area contributed by atoms with E-state index in [1.165, 1.54) is 16.7 Å². The van der Waals surface area contributed by atoms with Crippen LogP contribution in [0.25, 0.3) is 5.69 Å². The number of ether oxygens (including phenoxy) is 1. The minimum Gasteiger partial charge on any atom is -0.494 e. The Morgan fingerprint density at radius 1 is 1.16 bits per heavy atom. The van der Waals surface area contributed by atoms with Crippen molar-refractivity contribution in [2.75, 3.05) is 12.4 Å². The van der Waals surface area contributed by atoms with Crippen molar-refractivity contribution in [1.82, 2.24) is 14.1 Å². The van der Waals surface area contributed by atoms with Crippen molar-refractivity contribution >= 4 is 23.0 Å². The molecule has 0 fully saturated rings. The Hall–Kier alpha value is -3.58. The zero-order chi connectivity index (χ0) is 22.8. The molecule has 6 nitrogen and oxygen atoms in total. The van der Waals surface area contributed by atoms with Gasteiger partial charge in [0.15, 0.2) is 0 Å². The average molecular weight is 453 g/mol. The summed E-state index contributed by atoms with van der Waals surface area (Å²) < 4.78 is 22.6. The van der Waals surface area contributed by atoms with Crippen LogP contribution in [0, 0.1) is 12.7 Å². The maximum atomic E-state index is 13.7. The van der Waals surface area contributed by atoms with E-state index in [2.05, 4.69) is 10.3 Å². The molecule has 0 saturated heterocycles. The van der Waals surface area contributed by atoms with E-state index in [4.69, 9.17) is 16.3 Å². The van der Waals surface area contributed by atoms with Gasteiger partial charge in [0.05, 0.1) is 35.9 Å². The number of halogens is 2. The molecule has 0 radical (unpaired) electrons. The van der Waals surface area contributed by atoms with Crippen LogP contribution >= 0.6 is 11.6 Å². The summed E-state index contributed by atoms with van der Waals surface area (Å²) in [5, 5.41) is 3.52. The van der Waals surface area contributed by atoms with E-state index < -0.39 is 6.04 Å². The lowest BCUT2D eigenvalue weighted by atomic mass is 10.1. The van der Waals surface area contributed by atoms with E-state index in [1.807, 2.05) is 36.7 Å². The first kappa shape index (κ1) is 21.6. The van der Waals surface area contributed by atoms with Gasteiger partial charge in [0.1, 0.15) is 17.3 Å². The molecule has 4 rings (SSSR count). The SMILES string of the molecule is COc1cc(Nc2cc(Cl)cn([C@@H](C)c3cccc(F)c3)c2=O)ccc1-n1cnc(C)c1. The summed E-state index contributed by atoms with van der Waals surface area (Å²) in [6.07, 6.45) is 5.16. The number of methoxy groups -OCH3 is 1. The van der Waals surface area contributed by atoms with E-state index in [9.17, 15) is 9.18 Å². The first-order chi connectivity index (χ1) is 15.4. The van der Waals surface area contributed by atoms with Crippen LogP contribution in [-0.4, -0.2) is 21.2 Å². The number of pyridine rings is 1. The third-order valence-electron chi connectivity index (χ3n) is 5.21. The Morgan fingerprint density at radius 2 is 1.97 bits per heavy atom. The van der Waals surface area contributed by atoms with E-state index in [0.29, 0.717) is 27.7 Å². The number of aromatic nitrogens is 3. The predicted octanol–water partition coefficient (Wildman–Crippen LogP) is 5.50. The van der Waals surface area contributed by atoms with E-state index in [0.717, 1.165) is 11.4 Å². The lowest BCUT2D eigenvalue weighted by Crippen LogP contribution is -2.25. The first-order valence-corrected chi connectivity index (χ1v) is 10.4. The molecule has 32 heavy (non-hydrogen) atoms. The molecule has 0 unspecified atom stereocenters. The van der Waals surface area contributed by atoms with Crippen LogP contribution in [0.1, 0.15) is 24.2 Å². The lowest BCUT2D eigenvalue weighted by Gasteiger charge is -2.18. The highest BCUT2D eigenvalue weighted by Gasteiger charge is 2.15. The average Bonchev–Trinajstić information content (AvgIpc) is 3.21. The van der Waals surface area contributed by atoms with Crippen LogP contribution in [0.15, 0.2) is 72.0 Å². The second kappa shape index (κ2) is 8.88. The number of rotatable bonds is 6. The van der Waals surface area contributed by atoms with Crippen molar-refractivity contribution in [3.63, 3.8) is 0 Å². The Morgan fingerprint density at radius 3 is 2.66 bits per heavy atom. The van der Waals surface area contributed by atoms with Gasteiger partial charge in [-0.1, -0.05) is 23.7 Å². The number of nitrogens with one attached hydrogen (secondary N) is 1. The monoisotopic (exact) mass is 452 g/mol. The molecule has 0 aliphatic rings. The van der Waals surface area contributed by atoms with Crippen LogP contribution in [0.2, 0.25) is 5.02 Å². The molecule has 2 heterocycles. The number of hydrogen-bond acceptors (Lipinski definition) is 4. The van der Waals surface area contributed by atoms with Crippen molar-refractivity contribution in [1.29, 1.82) is 0 Å². The van der Waals surface area contributed by atoms with Gasteiger partial charge in [-0.05, 0) is 49.7 Å². The lowest BCUT2D eigenvalue weighted by molar-refractivity contribution is 0.413. The Balaban J connectivity index is 1.68. The van der Waals surface area contributed by atoms with E-state index in [-0.39, 0.29) is 11.4 Å². The summed E-state index contributed by atoms with van der Waals surface area (Å²) >= 11 is 6.31. The Kier molecular flexibility index (Phi) is 6.01. The first-order valence-electron chi connectivity index (χ1n) is 9.99. The van der Waals surface area contributed by atoms with Crippen molar-refractivity contribution < 1.29 is 9.13 Å². The number of hydrogen-bond donors (Lipinski definition) is 1. The molecule has 1 N–H and O–H groups in total. The quantitative estimate of drug-likeness (QED) is 0.420. The molecule has 0 saturated carbocycles. The third kappa shape index (κ3) is 4.38. The van der Waals surface area contributed by atoms with Gasteiger partial charge in [0.2, 0.25) is 0 Å². The molecule has 0 bridgehead atoms. The molecule has 2 aromatic carbocycles. The summed E-state index contributed by atoms with van der Waals surface area (Å²) in [7, 11) is 1.58. The summed E-state index contributed by atoms with van der Waals surface area (Å²) in [6, 6.07) is 12.8. The minimum absolute atomic E-state index is 0.278. The smallest absolute Gasteiger partial charge is 0.274 e. The van der Waals surface area contributed by atoms with Gasteiger partial charge in [-0.15, -0.1) is 0 Å². The number of imidazole rings is 1. The molecule has 4 aromatic rings. The van der Waals surface area contributed by atoms with Crippen molar-refractivity contribution in [2.45, 2.75) is 19.9 Å². The summed E-state index contributed by atoms with van der Waals surface area (Å²) in [5.74, 6) is 0.255. The molecule has 0 spiro atoms. The van der Waals surface area contributed by atoms with Gasteiger partial charge in [-0.2, -0.15) is 0 Å². The molecule has 164 valence electrons. The van der Waals surface area contributed by atoms with Crippen LogP contribution in [0.3, 0.4) is 0 Å². The van der Waals surface area contributed by atoms with E-state index in [1.54, 1.807) is 43.9 Å². The molecule has 0 aliphatic heterocycles. The fraction of sp³-hybridized carbons (Fsp3) is 0.167. The zero-order valence-corrected chi connectivity index (χ0v) is 18.6. The second-order valence-corrected chi connectivity index (χ2v) is 7.89.